The maximum atomic E-state index is 13.4. The van der Waals surface area contributed by atoms with Gasteiger partial charge in [0, 0.05) is 17.4 Å². The third kappa shape index (κ3) is 4.97. The fraction of sp³-hybridized carbons (Fsp3) is 0.588. The van der Waals surface area contributed by atoms with Gasteiger partial charge in [0.1, 0.15) is 11.4 Å². The van der Waals surface area contributed by atoms with Gasteiger partial charge in [-0.15, -0.1) is 0 Å². The van der Waals surface area contributed by atoms with E-state index >= 15 is 0 Å². The van der Waals surface area contributed by atoms with Crippen molar-refractivity contribution in [1.82, 2.24) is 4.90 Å². The Morgan fingerprint density at radius 2 is 2.14 bits per heavy atom. The van der Waals surface area contributed by atoms with E-state index in [0.29, 0.717) is 11.4 Å². The van der Waals surface area contributed by atoms with Gasteiger partial charge < -0.3 is 9.64 Å². The molecule has 3 nitrogen and oxygen atoms in total. The Kier molecular flexibility index (Phi) is 5.48. The minimum atomic E-state index is -0.538. The fourth-order valence-corrected chi connectivity index (χ4v) is 3.38. The number of rotatable bonds is 3. The molecule has 1 amide bonds. The van der Waals surface area contributed by atoms with Crippen molar-refractivity contribution >= 4 is 22.0 Å². The van der Waals surface area contributed by atoms with Crippen LogP contribution in [0.5, 0.6) is 0 Å². The van der Waals surface area contributed by atoms with E-state index in [1.54, 1.807) is 11.0 Å². The Morgan fingerprint density at radius 1 is 1.41 bits per heavy atom. The van der Waals surface area contributed by atoms with Crippen molar-refractivity contribution in [3.8, 4) is 0 Å². The second-order valence-corrected chi connectivity index (χ2v) is 8.10. The van der Waals surface area contributed by atoms with Crippen molar-refractivity contribution in [2.75, 3.05) is 0 Å². The fourth-order valence-electron chi connectivity index (χ4n) is 2.68. The van der Waals surface area contributed by atoms with Gasteiger partial charge in [-0.2, -0.15) is 0 Å². The number of hydrogen-bond donors (Lipinski definition) is 0. The lowest BCUT2D eigenvalue weighted by Gasteiger charge is -2.31. The minimum absolute atomic E-state index is 0.127. The summed E-state index contributed by atoms with van der Waals surface area (Å²) >= 11 is 3.62. The van der Waals surface area contributed by atoms with E-state index in [-0.39, 0.29) is 18.0 Å². The molecule has 122 valence electrons. The summed E-state index contributed by atoms with van der Waals surface area (Å²) in [6, 6.07) is 6.51. The van der Waals surface area contributed by atoms with Gasteiger partial charge in [-0.1, -0.05) is 28.1 Å². The van der Waals surface area contributed by atoms with Gasteiger partial charge in [0.2, 0.25) is 0 Å². The molecule has 2 unspecified atom stereocenters. The lowest BCUT2D eigenvalue weighted by atomic mass is 10.1. The monoisotopic (exact) mass is 371 g/mol. The molecule has 1 aromatic rings. The Morgan fingerprint density at radius 3 is 2.68 bits per heavy atom. The van der Waals surface area contributed by atoms with E-state index in [1.807, 2.05) is 26.8 Å². The normalized spacial score (nSPS) is 21.7. The first-order valence-electron chi connectivity index (χ1n) is 7.63. The van der Waals surface area contributed by atoms with Crippen LogP contribution in [0.4, 0.5) is 9.18 Å². The molecule has 1 fully saturated rings. The van der Waals surface area contributed by atoms with Crippen LogP contribution in [0.2, 0.25) is 0 Å². The van der Waals surface area contributed by atoms with Crippen molar-refractivity contribution in [2.24, 2.45) is 0 Å². The second kappa shape index (κ2) is 6.99. The second-order valence-electron chi connectivity index (χ2n) is 6.80. The molecular weight excluding hydrogens is 349 g/mol. The van der Waals surface area contributed by atoms with E-state index in [2.05, 4.69) is 15.9 Å². The van der Waals surface area contributed by atoms with Crippen molar-refractivity contribution in [3.63, 3.8) is 0 Å². The zero-order valence-electron chi connectivity index (χ0n) is 13.3. The molecule has 2 atom stereocenters. The van der Waals surface area contributed by atoms with Crippen molar-refractivity contribution in [1.29, 1.82) is 0 Å². The maximum Gasteiger partial charge on any atom is 0.410 e. The standard InChI is InChI=1S/C17H23BrFNO2/c1-17(2,3)22-16(21)20(15-8-7-13(18)10-15)11-12-5-4-6-14(19)9-12/h4-6,9,13,15H,7-8,10-11H2,1-3H3. The number of carbonyl (C=O) groups is 1. The minimum Gasteiger partial charge on any atom is -0.444 e. The summed E-state index contributed by atoms with van der Waals surface area (Å²) in [4.78, 5) is 14.7. The molecular formula is C17H23BrFNO2. The average Bonchev–Trinajstić information content (AvgIpc) is 2.80. The van der Waals surface area contributed by atoms with Gasteiger partial charge >= 0.3 is 6.09 Å². The van der Waals surface area contributed by atoms with Gasteiger partial charge in [0.05, 0.1) is 0 Å². The average molecular weight is 372 g/mol. The van der Waals surface area contributed by atoms with Crippen LogP contribution in [0.15, 0.2) is 24.3 Å². The van der Waals surface area contributed by atoms with Crippen molar-refractivity contribution in [2.45, 2.75) is 63.0 Å². The summed E-state index contributed by atoms with van der Waals surface area (Å²) in [5, 5.41) is 0. The van der Waals surface area contributed by atoms with Crippen LogP contribution in [0, 0.1) is 5.82 Å². The number of amides is 1. The number of nitrogens with zero attached hydrogens (tertiary/aromatic N) is 1. The van der Waals surface area contributed by atoms with Crippen LogP contribution in [-0.2, 0) is 11.3 Å². The molecule has 1 aliphatic rings. The molecule has 1 saturated carbocycles. The molecule has 1 aliphatic carbocycles. The highest BCUT2D eigenvalue weighted by Crippen LogP contribution is 2.31. The molecule has 5 heteroatoms. The van der Waals surface area contributed by atoms with Crippen LogP contribution in [0.3, 0.4) is 0 Å². The zero-order chi connectivity index (χ0) is 16.3. The van der Waals surface area contributed by atoms with Crippen molar-refractivity contribution in [3.05, 3.63) is 35.6 Å². The van der Waals surface area contributed by atoms with Crippen LogP contribution < -0.4 is 0 Å². The number of alkyl halides is 1. The first kappa shape index (κ1) is 17.3. The van der Waals surface area contributed by atoms with Gasteiger partial charge in [-0.25, -0.2) is 9.18 Å². The highest BCUT2D eigenvalue weighted by atomic mass is 79.9. The molecule has 0 aromatic heterocycles. The van der Waals surface area contributed by atoms with Gasteiger partial charge in [0.15, 0.2) is 0 Å². The lowest BCUT2D eigenvalue weighted by Crippen LogP contribution is -2.42. The highest BCUT2D eigenvalue weighted by Gasteiger charge is 2.33. The molecule has 0 aliphatic heterocycles. The molecule has 22 heavy (non-hydrogen) atoms. The van der Waals surface area contributed by atoms with Crippen LogP contribution in [0.25, 0.3) is 0 Å². The van der Waals surface area contributed by atoms with Crippen LogP contribution in [0.1, 0.15) is 45.6 Å². The van der Waals surface area contributed by atoms with E-state index in [0.717, 1.165) is 24.8 Å². The number of carbonyl (C=O) groups excluding carboxylic acids is 1. The number of benzene rings is 1. The molecule has 0 heterocycles. The van der Waals surface area contributed by atoms with Gasteiger partial charge in [-0.05, 0) is 57.7 Å². The summed E-state index contributed by atoms with van der Waals surface area (Å²) in [5.74, 6) is -0.286. The summed E-state index contributed by atoms with van der Waals surface area (Å²) in [5.41, 5.74) is 0.243. The van der Waals surface area contributed by atoms with Crippen LogP contribution in [-0.4, -0.2) is 27.5 Å². The lowest BCUT2D eigenvalue weighted by molar-refractivity contribution is 0.0145. The predicted molar refractivity (Wildman–Crippen MR) is 88.5 cm³/mol. The zero-order valence-corrected chi connectivity index (χ0v) is 14.9. The molecule has 0 N–H and O–H groups in total. The largest absolute Gasteiger partial charge is 0.444 e. The van der Waals surface area contributed by atoms with E-state index in [9.17, 15) is 9.18 Å². The molecule has 1 aromatic carbocycles. The Balaban J connectivity index is 2.16. The summed E-state index contributed by atoms with van der Waals surface area (Å²) in [6.45, 7) is 5.94. The number of hydrogen-bond acceptors (Lipinski definition) is 2. The van der Waals surface area contributed by atoms with Gasteiger partial charge in [-0.3, -0.25) is 0 Å². The number of halogens is 2. The summed E-state index contributed by atoms with van der Waals surface area (Å²) in [7, 11) is 0. The highest BCUT2D eigenvalue weighted by molar-refractivity contribution is 9.09. The molecule has 0 spiro atoms. The number of ether oxygens (including phenoxy) is 1. The van der Waals surface area contributed by atoms with E-state index in [4.69, 9.17) is 4.74 Å². The summed E-state index contributed by atoms with van der Waals surface area (Å²) in [6.07, 6.45) is 2.54. The van der Waals surface area contributed by atoms with E-state index < -0.39 is 5.60 Å². The Labute approximate surface area is 140 Å². The SMILES string of the molecule is CC(C)(C)OC(=O)N(Cc1cccc(F)c1)C1CCC(Br)C1. The molecule has 0 radical (unpaired) electrons. The summed E-state index contributed by atoms with van der Waals surface area (Å²) < 4.78 is 18.9. The first-order valence-corrected chi connectivity index (χ1v) is 8.54. The topological polar surface area (TPSA) is 29.5 Å². The third-order valence-electron chi connectivity index (χ3n) is 3.65. The smallest absolute Gasteiger partial charge is 0.410 e. The molecule has 0 bridgehead atoms. The predicted octanol–water partition coefficient (Wildman–Crippen LogP) is 4.88. The maximum absolute atomic E-state index is 13.4. The van der Waals surface area contributed by atoms with Crippen LogP contribution >= 0.6 is 15.9 Å². The Hall–Kier alpha value is -1.10. The quantitative estimate of drug-likeness (QED) is 0.708. The van der Waals surface area contributed by atoms with E-state index in [1.165, 1.54) is 12.1 Å². The molecule has 0 saturated heterocycles. The Bertz CT molecular complexity index is 530. The first-order chi connectivity index (χ1) is 10.2. The molecule has 2 rings (SSSR count). The third-order valence-corrected chi connectivity index (χ3v) is 4.48. The van der Waals surface area contributed by atoms with Crippen molar-refractivity contribution < 1.29 is 13.9 Å². The van der Waals surface area contributed by atoms with Gasteiger partial charge in [0.25, 0.3) is 0 Å².